The number of piperidine rings is 1. The van der Waals surface area contributed by atoms with Crippen LogP contribution in [-0.4, -0.2) is 52.2 Å². The molecule has 1 aliphatic heterocycles. The summed E-state index contributed by atoms with van der Waals surface area (Å²) in [6.45, 7) is 4.32. The zero-order valence-corrected chi connectivity index (χ0v) is 16.9. The van der Waals surface area contributed by atoms with Crippen LogP contribution in [0.5, 0.6) is 0 Å². The molecule has 0 saturated carbocycles. The van der Waals surface area contributed by atoms with Crippen molar-refractivity contribution in [3.8, 4) is 11.5 Å². The van der Waals surface area contributed by atoms with Gasteiger partial charge in [-0.2, -0.15) is 0 Å². The van der Waals surface area contributed by atoms with Crippen LogP contribution in [0.4, 0.5) is 11.7 Å². The number of aromatic nitrogens is 3. The summed E-state index contributed by atoms with van der Waals surface area (Å²) in [4.78, 5) is 18.7. The van der Waals surface area contributed by atoms with Gasteiger partial charge in [0.05, 0.1) is 0 Å². The van der Waals surface area contributed by atoms with Gasteiger partial charge in [0.2, 0.25) is 5.89 Å². The molecule has 156 valence electrons. The molecule has 0 bridgehead atoms. The van der Waals surface area contributed by atoms with Crippen LogP contribution in [0.2, 0.25) is 0 Å². The van der Waals surface area contributed by atoms with Gasteiger partial charge in [0.1, 0.15) is 5.69 Å². The Morgan fingerprint density at radius 3 is 2.63 bits per heavy atom. The molecule has 8 heteroatoms. The van der Waals surface area contributed by atoms with E-state index in [-0.39, 0.29) is 5.91 Å². The molecule has 0 radical (unpaired) electrons. The van der Waals surface area contributed by atoms with Crippen molar-refractivity contribution in [2.24, 2.45) is 0 Å². The van der Waals surface area contributed by atoms with E-state index in [0.29, 0.717) is 23.3 Å². The Morgan fingerprint density at radius 1 is 1.03 bits per heavy atom. The molecule has 2 N–H and O–H groups in total. The second-order valence-corrected chi connectivity index (χ2v) is 7.34. The fourth-order valence-corrected chi connectivity index (χ4v) is 3.48. The van der Waals surface area contributed by atoms with Crippen molar-refractivity contribution in [2.45, 2.75) is 25.7 Å². The first-order valence-corrected chi connectivity index (χ1v) is 10.4. The Labute approximate surface area is 175 Å². The number of rotatable bonds is 8. The molecule has 1 fully saturated rings. The van der Waals surface area contributed by atoms with Gasteiger partial charge in [-0.1, -0.05) is 17.6 Å². The minimum Gasteiger partial charge on any atom is -0.403 e. The first kappa shape index (κ1) is 20.0. The molecule has 4 rings (SSSR count). The van der Waals surface area contributed by atoms with Crippen LogP contribution in [0.25, 0.3) is 11.5 Å². The van der Waals surface area contributed by atoms with Crippen molar-refractivity contribution in [2.75, 3.05) is 36.8 Å². The van der Waals surface area contributed by atoms with Gasteiger partial charge < -0.3 is 20.0 Å². The summed E-state index contributed by atoms with van der Waals surface area (Å²) < 4.78 is 5.71. The van der Waals surface area contributed by atoms with Crippen LogP contribution < -0.4 is 10.6 Å². The summed E-state index contributed by atoms with van der Waals surface area (Å²) in [5, 5.41) is 14.2. The normalized spacial score (nSPS) is 14.4. The first-order valence-electron chi connectivity index (χ1n) is 10.4. The molecular weight excluding hydrogens is 380 g/mol. The fraction of sp³-hybridized carbons (Fsp3) is 0.364. The third-order valence-corrected chi connectivity index (χ3v) is 5.09. The third-order valence-electron chi connectivity index (χ3n) is 5.09. The SMILES string of the molecule is O=C(Nc1ccc(-c2nnc(NCCCN3CCCCC3)o2)cc1)c1ccccn1. The van der Waals surface area contributed by atoms with E-state index in [0.717, 1.165) is 25.1 Å². The summed E-state index contributed by atoms with van der Waals surface area (Å²) in [5.74, 6) is 0.188. The molecule has 1 saturated heterocycles. The average Bonchev–Trinajstić information content (AvgIpc) is 3.27. The number of nitrogens with zero attached hydrogens (tertiary/aromatic N) is 4. The van der Waals surface area contributed by atoms with Gasteiger partial charge in [-0.25, -0.2) is 0 Å². The Hall–Kier alpha value is -3.26. The lowest BCUT2D eigenvalue weighted by Gasteiger charge is -2.26. The molecule has 0 spiro atoms. The molecule has 3 heterocycles. The van der Waals surface area contributed by atoms with Crippen LogP contribution >= 0.6 is 0 Å². The number of carbonyl (C=O) groups is 1. The maximum Gasteiger partial charge on any atom is 0.315 e. The summed E-state index contributed by atoms with van der Waals surface area (Å²) in [6, 6.07) is 12.9. The molecule has 8 nitrogen and oxygen atoms in total. The van der Waals surface area contributed by atoms with E-state index in [4.69, 9.17) is 4.42 Å². The molecule has 0 unspecified atom stereocenters. The second-order valence-electron chi connectivity index (χ2n) is 7.34. The molecule has 0 atom stereocenters. The van der Waals surface area contributed by atoms with Gasteiger partial charge in [0.15, 0.2) is 0 Å². The van der Waals surface area contributed by atoms with Crippen molar-refractivity contribution in [3.05, 3.63) is 54.4 Å². The van der Waals surface area contributed by atoms with E-state index < -0.39 is 0 Å². The smallest absolute Gasteiger partial charge is 0.315 e. The average molecular weight is 406 g/mol. The molecule has 2 aromatic heterocycles. The molecule has 1 aliphatic rings. The number of hydrogen-bond donors (Lipinski definition) is 2. The highest BCUT2D eigenvalue weighted by atomic mass is 16.4. The van der Waals surface area contributed by atoms with Crippen molar-refractivity contribution in [1.29, 1.82) is 0 Å². The Balaban J connectivity index is 1.26. The van der Waals surface area contributed by atoms with Crippen LogP contribution in [0.1, 0.15) is 36.2 Å². The van der Waals surface area contributed by atoms with E-state index in [1.807, 2.05) is 12.1 Å². The molecule has 30 heavy (non-hydrogen) atoms. The van der Waals surface area contributed by atoms with Crippen molar-refractivity contribution >= 4 is 17.6 Å². The summed E-state index contributed by atoms with van der Waals surface area (Å²) >= 11 is 0. The quantitative estimate of drug-likeness (QED) is 0.551. The number of pyridine rings is 1. The van der Waals surface area contributed by atoms with Gasteiger partial charge in [-0.3, -0.25) is 9.78 Å². The predicted molar refractivity (Wildman–Crippen MR) is 115 cm³/mol. The molecular formula is C22H26N6O2. The van der Waals surface area contributed by atoms with E-state index in [1.54, 1.807) is 36.5 Å². The summed E-state index contributed by atoms with van der Waals surface area (Å²) in [7, 11) is 0. The number of likely N-dealkylation sites (tertiary alicyclic amines) is 1. The van der Waals surface area contributed by atoms with Crippen LogP contribution in [-0.2, 0) is 0 Å². The van der Waals surface area contributed by atoms with E-state index >= 15 is 0 Å². The maximum absolute atomic E-state index is 12.2. The van der Waals surface area contributed by atoms with Gasteiger partial charge in [-0.15, -0.1) is 5.10 Å². The van der Waals surface area contributed by atoms with Crippen molar-refractivity contribution in [1.82, 2.24) is 20.1 Å². The van der Waals surface area contributed by atoms with Crippen LogP contribution in [0.3, 0.4) is 0 Å². The van der Waals surface area contributed by atoms with Gasteiger partial charge >= 0.3 is 6.01 Å². The van der Waals surface area contributed by atoms with Crippen molar-refractivity contribution < 1.29 is 9.21 Å². The largest absolute Gasteiger partial charge is 0.403 e. The molecule has 1 aromatic carbocycles. The lowest BCUT2D eigenvalue weighted by molar-refractivity contribution is 0.102. The second kappa shape index (κ2) is 9.98. The van der Waals surface area contributed by atoms with Gasteiger partial charge in [0, 0.05) is 24.0 Å². The minimum absolute atomic E-state index is 0.253. The number of benzene rings is 1. The van der Waals surface area contributed by atoms with E-state index in [2.05, 4.69) is 30.7 Å². The lowest BCUT2D eigenvalue weighted by atomic mass is 10.1. The lowest BCUT2D eigenvalue weighted by Crippen LogP contribution is -2.31. The summed E-state index contributed by atoms with van der Waals surface area (Å²) in [5.41, 5.74) is 1.83. The fourth-order valence-electron chi connectivity index (χ4n) is 3.48. The highest BCUT2D eigenvalue weighted by Crippen LogP contribution is 2.22. The zero-order valence-electron chi connectivity index (χ0n) is 16.9. The first-order chi connectivity index (χ1) is 14.8. The number of hydrogen-bond acceptors (Lipinski definition) is 7. The standard InChI is InChI=1S/C22H26N6O2/c29-20(19-7-2-3-12-23-19)25-18-10-8-17(9-11-18)21-26-27-22(30-21)24-13-6-16-28-14-4-1-5-15-28/h2-3,7-12H,1,4-6,13-16H2,(H,24,27)(H,25,29). The highest BCUT2D eigenvalue weighted by molar-refractivity contribution is 6.02. The molecule has 1 amide bonds. The topological polar surface area (TPSA) is 96.2 Å². The third kappa shape index (κ3) is 5.42. The van der Waals surface area contributed by atoms with Crippen LogP contribution in [0.15, 0.2) is 53.1 Å². The highest BCUT2D eigenvalue weighted by Gasteiger charge is 2.11. The van der Waals surface area contributed by atoms with Crippen LogP contribution in [0, 0.1) is 0 Å². The maximum atomic E-state index is 12.2. The van der Waals surface area contributed by atoms with Crippen molar-refractivity contribution in [3.63, 3.8) is 0 Å². The molecule has 3 aromatic rings. The van der Waals surface area contributed by atoms with E-state index in [1.165, 1.54) is 32.4 Å². The van der Waals surface area contributed by atoms with Gasteiger partial charge in [0.25, 0.3) is 5.91 Å². The summed E-state index contributed by atoms with van der Waals surface area (Å²) in [6.07, 6.45) is 6.62. The molecule has 0 aliphatic carbocycles. The number of amides is 1. The number of carbonyl (C=O) groups excluding carboxylic acids is 1. The zero-order chi connectivity index (χ0) is 20.6. The van der Waals surface area contributed by atoms with Gasteiger partial charge in [-0.05, 0) is 75.3 Å². The monoisotopic (exact) mass is 406 g/mol. The predicted octanol–water partition coefficient (Wildman–Crippen LogP) is 3.67. The minimum atomic E-state index is -0.253. The Morgan fingerprint density at radius 2 is 1.87 bits per heavy atom. The number of nitrogens with one attached hydrogen (secondary N) is 2. The number of anilines is 2. The van der Waals surface area contributed by atoms with E-state index in [9.17, 15) is 4.79 Å². The Bertz CT molecular complexity index is 936. The Kier molecular flexibility index (Phi) is 6.66.